The molecule has 0 fully saturated rings. The van der Waals surface area contributed by atoms with Gasteiger partial charge in [0.15, 0.2) is 0 Å². The number of halogens is 3. The predicted octanol–water partition coefficient (Wildman–Crippen LogP) is 6.07. The molecule has 1 atom stereocenters. The maximum absolute atomic E-state index is 6.48. The maximum Gasteiger partial charge on any atom is 0.0599 e. The van der Waals surface area contributed by atoms with Crippen LogP contribution in [-0.4, -0.2) is 0 Å². The summed E-state index contributed by atoms with van der Waals surface area (Å²) in [7, 11) is 0. The summed E-state index contributed by atoms with van der Waals surface area (Å²) in [4.78, 5) is 0. The van der Waals surface area contributed by atoms with Gasteiger partial charge in [-0.2, -0.15) is 0 Å². The van der Waals surface area contributed by atoms with Gasteiger partial charge in [-0.15, -0.1) is 0 Å². The average molecular weight is 426 g/mol. The third-order valence-corrected chi connectivity index (χ3v) is 5.56. The summed E-state index contributed by atoms with van der Waals surface area (Å²) in [5.74, 6) is 0. The molecular weight excluding hydrogens is 413 g/mol. The molecule has 3 rings (SSSR count). The number of rotatable bonds is 2. The van der Waals surface area contributed by atoms with Crippen molar-refractivity contribution in [3.8, 4) is 0 Å². The molecule has 0 aliphatic heterocycles. The van der Waals surface area contributed by atoms with E-state index in [4.69, 9.17) is 17.3 Å². The van der Waals surface area contributed by atoms with Crippen LogP contribution in [-0.2, 0) is 0 Å². The van der Waals surface area contributed by atoms with Gasteiger partial charge in [0.25, 0.3) is 0 Å². The zero-order valence-corrected chi connectivity index (χ0v) is 14.9. The Labute approximate surface area is 145 Å². The fourth-order valence-electron chi connectivity index (χ4n) is 2.49. The fraction of sp³-hybridized carbons (Fsp3) is 0.0588. The molecule has 2 N–H and O–H groups in total. The van der Waals surface area contributed by atoms with Crippen molar-refractivity contribution in [1.82, 2.24) is 0 Å². The molecule has 0 aromatic heterocycles. The lowest BCUT2D eigenvalue weighted by Crippen LogP contribution is -2.13. The van der Waals surface area contributed by atoms with Crippen LogP contribution in [0.5, 0.6) is 0 Å². The van der Waals surface area contributed by atoms with Crippen molar-refractivity contribution < 1.29 is 0 Å². The third-order valence-electron chi connectivity index (χ3n) is 3.56. The monoisotopic (exact) mass is 423 g/mol. The molecule has 106 valence electrons. The van der Waals surface area contributed by atoms with Crippen molar-refractivity contribution in [2.75, 3.05) is 0 Å². The molecule has 0 bridgehead atoms. The second-order valence-electron chi connectivity index (χ2n) is 4.80. The Hall–Kier alpha value is -0.870. The van der Waals surface area contributed by atoms with Crippen LogP contribution in [0.1, 0.15) is 17.2 Å². The van der Waals surface area contributed by atoms with Gasteiger partial charge in [0, 0.05) is 8.95 Å². The van der Waals surface area contributed by atoms with Crippen LogP contribution in [0.4, 0.5) is 0 Å². The van der Waals surface area contributed by atoms with Gasteiger partial charge in [0.1, 0.15) is 0 Å². The van der Waals surface area contributed by atoms with E-state index in [1.54, 1.807) is 0 Å². The van der Waals surface area contributed by atoms with Gasteiger partial charge >= 0.3 is 0 Å². The summed E-state index contributed by atoms with van der Waals surface area (Å²) in [6.45, 7) is 0. The Morgan fingerprint density at radius 3 is 2.24 bits per heavy atom. The molecule has 0 amide bonds. The summed E-state index contributed by atoms with van der Waals surface area (Å²) in [6.07, 6.45) is 0. The molecule has 1 unspecified atom stereocenters. The molecule has 21 heavy (non-hydrogen) atoms. The first kappa shape index (κ1) is 15.0. The van der Waals surface area contributed by atoms with Gasteiger partial charge in [0.05, 0.1) is 11.1 Å². The molecule has 0 radical (unpaired) electrons. The van der Waals surface area contributed by atoms with E-state index in [0.717, 1.165) is 30.8 Å². The minimum Gasteiger partial charge on any atom is -0.320 e. The van der Waals surface area contributed by atoms with Crippen molar-refractivity contribution in [2.24, 2.45) is 5.73 Å². The van der Waals surface area contributed by atoms with Crippen molar-refractivity contribution in [1.29, 1.82) is 0 Å². The highest BCUT2D eigenvalue weighted by molar-refractivity contribution is 9.11. The number of nitrogens with two attached hydrogens (primary N) is 1. The van der Waals surface area contributed by atoms with E-state index >= 15 is 0 Å². The van der Waals surface area contributed by atoms with Crippen LogP contribution < -0.4 is 5.73 Å². The normalized spacial score (nSPS) is 12.6. The Morgan fingerprint density at radius 2 is 1.48 bits per heavy atom. The van der Waals surface area contributed by atoms with Crippen LogP contribution in [0.2, 0.25) is 5.02 Å². The van der Waals surface area contributed by atoms with Crippen molar-refractivity contribution >= 4 is 54.2 Å². The molecule has 3 aromatic rings. The van der Waals surface area contributed by atoms with Crippen molar-refractivity contribution in [2.45, 2.75) is 6.04 Å². The van der Waals surface area contributed by atoms with E-state index < -0.39 is 0 Å². The van der Waals surface area contributed by atoms with E-state index in [0.29, 0.717) is 5.02 Å². The first-order chi connectivity index (χ1) is 10.1. The molecule has 0 aliphatic carbocycles. The smallest absolute Gasteiger partial charge is 0.0599 e. The minimum atomic E-state index is -0.270. The van der Waals surface area contributed by atoms with E-state index in [2.05, 4.69) is 44.0 Å². The highest BCUT2D eigenvalue weighted by atomic mass is 79.9. The van der Waals surface area contributed by atoms with Gasteiger partial charge in [-0.25, -0.2) is 0 Å². The highest BCUT2D eigenvalue weighted by Crippen LogP contribution is 2.36. The van der Waals surface area contributed by atoms with Crippen LogP contribution in [0.3, 0.4) is 0 Å². The summed E-state index contributed by atoms with van der Waals surface area (Å²) in [5, 5.41) is 2.95. The number of hydrogen-bond donors (Lipinski definition) is 1. The first-order valence-corrected chi connectivity index (χ1v) is 8.42. The SMILES string of the molecule is NC(c1cccc(Br)c1Cl)c1ccc(Br)c2ccccc12. The summed E-state index contributed by atoms with van der Waals surface area (Å²) < 4.78 is 1.92. The topological polar surface area (TPSA) is 26.0 Å². The lowest BCUT2D eigenvalue weighted by molar-refractivity contribution is 0.880. The lowest BCUT2D eigenvalue weighted by atomic mass is 9.94. The number of fused-ring (bicyclic) bond motifs is 1. The van der Waals surface area contributed by atoms with Gasteiger partial charge in [-0.1, -0.05) is 70.0 Å². The van der Waals surface area contributed by atoms with E-state index in [1.807, 2.05) is 42.5 Å². The highest BCUT2D eigenvalue weighted by Gasteiger charge is 2.17. The van der Waals surface area contributed by atoms with Crippen molar-refractivity contribution in [3.63, 3.8) is 0 Å². The number of benzene rings is 3. The number of hydrogen-bond acceptors (Lipinski definition) is 1. The first-order valence-electron chi connectivity index (χ1n) is 6.46. The quantitative estimate of drug-likeness (QED) is 0.530. The molecule has 0 saturated heterocycles. The average Bonchev–Trinajstić information content (AvgIpc) is 2.50. The van der Waals surface area contributed by atoms with Gasteiger partial charge in [-0.05, 0) is 50.0 Å². The fourth-order valence-corrected chi connectivity index (χ4v) is 3.59. The lowest BCUT2D eigenvalue weighted by Gasteiger charge is -2.18. The zero-order chi connectivity index (χ0) is 15.0. The van der Waals surface area contributed by atoms with Crippen molar-refractivity contribution in [3.05, 3.63) is 79.7 Å². The molecule has 0 saturated carbocycles. The molecule has 1 nitrogen and oxygen atoms in total. The predicted molar refractivity (Wildman–Crippen MR) is 96.8 cm³/mol. The summed E-state index contributed by atoms with van der Waals surface area (Å²) in [6, 6.07) is 17.9. The Kier molecular flexibility index (Phi) is 4.36. The maximum atomic E-state index is 6.48. The molecular formula is C17H12Br2ClN. The molecule has 0 spiro atoms. The second kappa shape index (κ2) is 6.09. The van der Waals surface area contributed by atoms with Crippen LogP contribution in [0, 0.1) is 0 Å². The Balaban J connectivity index is 2.21. The van der Waals surface area contributed by atoms with Gasteiger partial charge in [0.2, 0.25) is 0 Å². The van der Waals surface area contributed by atoms with Crippen LogP contribution >= 0.6 is 43.5 Å². The standard InChI is InChI=1S/C17H12Br2ClN/c18-14-9-8-12(10-4-1-2-5-11(10)14)17(21)13-6-3-7-15(19)16(13)20/h1-9,17H,21H2. The molecule has 4 heteroatoms. The third kappa shape index (κ3) is 2.76. The summed E-state index contributed by atoms with van der Waals surface area (Å²) in [5.41, 5.74) is 8.46. The molecule has 0 aliphatic rings. The zero-order valence-electron chi connectivity index (χ0n) is 11.0. The van der Waals surface area contributed by atoms with E-state index in [9.17, 15) is 0 Å². The molecule has 0 heterocycles. The second-order valence-corrected chi connectivity index (χ2v) is 6.89. The largest absolute Gasteiger partial charge is 0.320 e. The van der Waals surface area contributed by atoms with Crippen LogP contribution in [0.25, 0.3) is 10.8 Å². The van der Waals surface area contributed by atoms with Crippen LogP contribution in [0.15, 0.2) is 63.5 Å². The van der Waals surface area contributed by atoms with Gasteiger partial charge < -0.3 is 5.73 Å². The Morgan fingerprint density at radius 1 is 0.762 bits per heavy atom. The molecule has 3 aromatic carbocycles. The van der Waals surface area contributed by atoms with Gasteiger partial charge in [-0.3, -0.25) is 0 Å². The van der Waals surface area contributed by atoms with E-state index in [1.165, 1.54) is 0 Å². The summed E-state index contributed by atoms with van der Waals surface area (Å²) >= 11 is 13.4. The Bertz CT molecular complexity index is 817. The minimum absolute atomic E-state index is 0.270. The van der Waals surface area contributed by atoms with E-state index in [-0.39, 0.29) is 6.04 Å².